The first-order chi connectivity index (χ1) is 13.0. The van der Waals surface area contributed by atoms with Crippen LogP contribution in [0, 0.1) is 13.8 Å². The van der Waals surface area contributed by atoms with E-state index in [2.05, 4.69) is 39.2 Å². The van der Waals surface area contributed by atoms with Crippen molar-refractivity contribution in [2.24, 2.45) is 0 Å². The Bertz CT molecular complexity index is 978. The van der Waals surface area contributed by atoms with Gasteiger partial charge in [-0.25, -0.2) is 14.5 Å². The van der Waals surface area contributed by atoms with Gasteiger partial charge in [0.2, 0.25) is 11.1 Å². The summed E-state index contributed by atoms with van der Waals surface area (Å²) >= 11 is 3.04. The normalized spacial score (nSPS) is 11.3. The third kappa shape index (κ3) is 4.14. The molecular weight excluding hydrogens is 380 g/mol. The summed E-state index contributed by atoms with van der Waals surface area (Å²) in [5, 5.41) is 8.74. The van der Waals surface area contributed by atoms with Crippen LogP contribution < -0.4 is 5.32 Å². The molecule has 0 atom stereocenters. The monoisotopic (exact) mass is 404 g/mol. The average Bonchev–Trinajstić information content (AvgIpc) is 3.22. The zero-order valence-electron chi connectivity index (χ0n) is 16.3. The van der Waals surface area contributed by atoms with Crippen LogP contribution in [0.3, 0.4) is 0 Å². The SMILES string of the molecule is CCCc1nc(NC(=O)Cc2c(C)nc3nc(SC)nn3c2C)sc1CC. The van der Waals surface area contributed by atoms with Crippen LogP contribution in [0.5, 0.6) is 0 Å². The van der Waals surface area contributed by atoms with Crippen molar-refractivity contribution in [2.75, 3.05) is 11.6 Å². The molecule has 0 spiro atoms. The van der Waals surface area contributed by atoms with Gasteiger partial charge in [0.25, 0.3) is 5.78 Å². The van der Waals surface area contributed by atoms with Gasteiger partial charge in [-0.2, -0.15) is 4.98 Å². The Hall–Kier alpha value is -2.00. The van der Waals surface area contributed by atoms with Gasteiger partial charge in [0, 0.05) is 21.8 Å². The number of carbonyl (C=O) groups excluding carboxylic acids is 1. The predicted octanol–water partition coefficient (Wildman–Crippen LogP) is 3.62. The van der Waals surface area contributed by atoms with E-state index in [1.165, 1.54) is 16.6 Å². The molecule has 9 heteroatoms. The van der Waals surface area contributed by atoms with Crippen molar-refractivity contribution in [3.8, 4) is 0 Å². The molecule has 0 aliphatic heterocycles. The van der Waals surface area contributed by atoms with Crippen LogP contribution in [-0.4, -0.2) is 36.7 Å². The van der Waals surface area contributed by atoms with E-state index in [1.807, 2.05) is 20.1 Å². The van der Waals surface area contributed by atoms with Gasteiger partial charge < -0.3 is 5.32 Å². The largest absolute Gasteiger partial charge is 0.302 e. The molecule has 3 rings (SSSR count). The molecule has 0 aliphatic carbocycles. The van der Waals surface area contributed by atoms with Crippen LogP contribution in [0.25, 0.3) is 5.78 Å². The summed E-state index contributed by atoms with van der Waals surface area (Å²) in [6.45, 7) is 8.10. The molecule has 0 bridgehead atoms. The molecule has 3 heterocycles. The van der Waals surface area contributed by atoms with Gasteiger partial charge >= 0.3 is 0 Å². The summed E-state index contributed by atoms with van der Waals surface area (Å²) in [5.41, 5.74) is 3.66. The highest BCUT2D eigenvalue weighted by atomic mass is 32.2. The Morgan fingerprint density at radius 1 is 1.22 bits per heavy atom. The molecule has 0 saturated heterocycles. The quantitative estimate of drug-likeness (QED) is 0.606. The fourth-order valence-corrected chi connectivity index (χ4v) is 4.30. The summed E-state index contributed by atoms with van der Waals surface area (Å²) in [6.07, 6.45) is 5.09. The summed E-state index contributed by atoms with van der Waals surface area (Å²) in [6, 6.07) is 0. The third-order valence-corrected chi connectivity index (χ3v) is 6.08. The van der Waals surface area contributed by atoms with Crippen LogP contribution in [0.15, 0.2) is 5.16 Å². The Morgan fingerprint density at radius 2 is 2.00 bits per heavy atom. The zero-order valence-corrected chi connectivity index (χ0v) is 17.9. The number of aromatic nitrogens is 5. The molecule has 0 radical (unpaired) electrons. The van der Waals surface area contributed by atoms with Gasteiger partial charge in [0.15, 0.2) is 5.13 Å². The number of fused-ring (bicyclic) bond motifs is 1. The van der Waals surface area contributed by atoms with E-state index in [1.54, 1.807) is 15.9 Å². The molecule has 144 valence electrons. The highest BCUT2D eigenvalue weighted by Crippen LogP contribution is 2.25. The molecule has 7 nitrogen and oxygen atoms in total. The van der Waals surface area contributed by atoms with Crippen LogP contribution in [0.1, 0.15) is 47.8 Å². The first-order valence-electron chi connectivity index (χ1n) is 9.02. The van der Waals surface area contributed by atoms with Crippen molar-refractivity contribution in [1.82, 2.24) is 24.6 Å². The smallest absolute Gasteiger partial charge is 0.253 e. The van der Waals surface area contributed by atoms with E-state index in [9.17, 15) is 4.79 Å². The number of nitrogens with one attached hydrogen (secondary N) is 1. The van der Waals surface area contributed by atoms with Gasteiger partial charge in [-0.15, -0.1) is 16.4 Å². The number of thiazole rings is 1. The Labute approximate surface area is 167 Å². The number of carbonyl (C=O) groups is 1. The molecule has 0 unspecified atom stereocenters. The lowest BCUT2D eigenvalue weighted by atomic mass is 10.1. The Balaban J connectivity index is 1.81. The van der Waals surface area contributed by atoms with E-state index in [0.29, 0.717) is 16.1 Å². The van der Waals surface area contributed by atoms with Crippen molar-refractivity contribution in [1.29, 1.82) is 0 Å². The van der Waals surface area contributed by atoms with E-state index in [4.69, 9.17) is 0 Å². The maximum atomic E-state index is 12.6. The molecule has 0 aliphatic rings. The molecule has 0 fully saturated rings. The maximum Gasteiger partial charge on any atom is 0.253 e. The van der Waals surface area contributed by atoms with Crippen LogP contribution in [-0.2, 0) is 24.1 Å². The minimum absolute atomic E-state index is 0.0907. The number of nitrogens with zero attached hydrogens (tertiary/aromatic N) is 5. The van der Waals surface area contributed by atoms with Crippen molar-refractivity contribution in [3.05, 3.63) is 27.5 Å². The molecule has 0 aromatic carbocycles. The number of thioether (sulfide) groups is 1. The van der Waals surface area contributed by atoms with Gasteiger partial charge in [0.1, 0.15) is 0 Å². The topological polar surface area (TPSA) is 85.1 Å². The molecule has 1 amide bonds. The fourth-order valence-electron chi connectivity index (χ4n) is 3.00. The van der Waals surface area contributed by atoms with E-state index >= 15 is 0 Å². The first kappa shape index (κ1) is 19.8. The summed E-state index contributed by atoms with van der Waals surface area (Å²) in [4.78, 5) is 27.4. The Kier molecular flexibility index (Phi) is 6.11. The number of hydrogen-bond donors (Lipinski definition) is 1. The van der Waals surface area contributed by atoms with Crippen molar-refractivity contribution in [3.63, 3.8) is 0 Å². The fraction of sp³-hybridized carbons (Fsp3) is 0.500. The average molecular weight is 405 g/mol. The van der Waals surface area contributed by atoms with Crippen LogP contribution in [0.2, 0.25) is 0 Å². The van der Waals surface area contributed by atoms with Gasteiger partial charge in [0.05, 0.1) is 12.1 Å². The summed E-state index contributed by atoms with van der Waals surface area (Å²) in [5.74, 6) is 0.474. The standard InChI is InChI=1S/C18H24N6OS2/c1-6-8-13-14(7-2)27-17(20-13)21-15(25)9-12-10(3)19-16-22-18(26-5)23-24(16)11(12)4/h6-9H2,1-5H3,(H,20,21,25). The molecule has 3 aromatic heterocycles. The Morgan fingerprint density at radius 3 is 2.67 bits per heavy atom. The highest BCUT2D eigenvalue weighted by Gasteiger charge is 2.17. The molecule has 1 N–H and O–H groups in total. The van der Waals surface area contributed by atoms with Crippen LogP contribution in [0.4, 0.5) is 5.13 Å². The van der Waals surface area contributed by atoms with Crippen LogP contribution >= 0.6 is 23.1 Å². The molecular formula is C18H24N6OS2. The molecule has 3 aromatic rings. The second-order valence-corrected chi connectivity index (χ2v) is 8.15. The number of hydrogen-bond acceptors (Lipinski definition) is 7. The first-order valence-corrected chi connectivity index (χ1v) is 11.1. The lowest BCUT2D eigenvalue weighted by Gasteiger charge is -2.09. The molecule has 27 heavy (non-hydrogen) atoms. The maximum absolute atomic E-state index is 12.6. The summed E-state index contributed by atoms with van der Waals surface area (Å²) < 4.78 is 1.71. The summed E-state index contributed by atoms with van der Waals surface area (Å²) in [7, 11) is 0. The van der Waals surface area contributed by atoms with E-state index < -0.39 is 0 Å². The van der Waals surface area contributed by atoms with E-state index in [0.717, 1.165) is 41.9 Å². The zero-order chi connectivity index (χ0) is 19.6. The van der Waals surface area contributed by atoms with Crippen molar-refractivity contribution >= 4 is 39.9 Å². The lowest BCUT2D eigenvalue weighted by molar-refractivity contribution is -0.115. The highest BCUT2D eigenvalue weighted by molar-refractivity contribution is 7.98. The second-order valence-electron chi connectivity index (χ2n) is 6.29. The molecule has 0 saturated carbocycles. The minimum Gasteiger partial charge on any atom is -0.302 e. The van der Waals surface area contributed by atoms with Gasteiger partial charge in [-0.05, 0) is 32.9 Å². The third-order valence-electron chi connectivity index (χ3n) is 4.38. The van der Waals surface area contributed by atoms with Crippen molar-refractivity contribution < 1.29 is 4.79 Å². The number of aryl methyl sites for hydroxylation is 4. The number of amides is 1. The minimum atomic E-state index is -0.0907. The second kappa shape index (κ2) is 8.35. The lowest BCUT2D eigenvalue weighted by Crippen LogP contribution is -2.17. The number of rotatable bonds is 7. The van der Waals surface area contributed by atoms with E-state index in [-0.39, 0.29) is 12.3 Å². The van der Waals surface area contributed by atoms with Gasteiger partial charge in [-0.3, -0.25) is 4.79 Å². The van der Waals surface area contributed by atoms with Crippen molar-refractivity contribution in [2.45, 2.75) is 58.5 Å². The predicted molar refractivity (Wildman–Crippen MR) is 110 cm³/mol. The van der Waals surface area contributed by atoms with Gasteiger partial charge in [-0.1, -0.05) is 32.0 Å². The number of anilines is 1.